The lowest BCUT2D eigenvalue weighted by atomic mass is 9.97. The van der Waals surface area contributed by atoms with E-state index in [1.807, 2.05) is 18.3 Å². The standard InChI is InChI=1S/C19H29N7O.HI/c1-5-20-18(22-14-15-23-17(27-24-15)19(2,3)4)26-12-10-25(11-13-26)16-8-6-7-9-21-16;/h6-9H,5,10-14H2,1-4H3,(H,20,22);1H. The molecule has 0 unspecified atom stereocenters. The highest BCUT2D eigenvalue weighted by Gasteiger charge is 2.23. The summed E-state index contributed by atoms with van der Waals surface area (Å²) in [4.78, 5) is 18.2. The van der Waals surface area contributed by atoms with E-state index in [1.54, 1.807) is 0 Å². The van der Waals surface area contributed by atoms with Crippen LogP contribution in [0.4, 0.5) is 5.82 Å². The number of aromatic nitrogens is 3. The molecule has 0 bridgehead atoms. The number of aliphatic imine (C=N–C) groups is 1. The van der Waals surface area contributed by atoms with E-state index in [9.17, 15) is 0 Å². The second-order valence-electron chi connectivity index (χ2n) is 7.60. The van der Waals surface area contributed by atoms with Crippen molar-refractivity contribution >= 4 is 35.8 Å². The van der Waals surface area contributed by atoms with Crippen molar-refractivity contribution in [2.24, 2.45) is 4.99 Å². The van der Waals surface area contributed by atoms with Crippen molar-refractivity contribution < 1.29 is 4.52 Å². The van der Waals surface area contributed by atoms with Crippen LogP contribution in [-0.4, -0.2) is 58.7 Å². The molecule has 0 amide bonds. The molecule has 28 heavy (non-hydrogen) atoms. The second kappa shape index (κ2) is 10.0. The fourth-order valence-corrected chi connectivity index (χ4v) is 2.88. The van der Waals surface area contributed by atoms with Crippen LogP contribution in [0.5, 0.6) is 0 Å². The van der Waals surface area contributed by atoms with Crippen molar-refractivity contribution in [2.75, 3.05) is 37.6 Å². The van der Waals surface area contributed by atoms with Crippen molar-refractivity contribution in [1.29, 1.82) is 0 Å². The molecule has 2 aromatic rings. The van der Waals surface area contributed by atoms with Crippen LogP contribution in [-0.2, 0) is 12.0 Å². The Bertz CT molecular complexity index is 749. The molecule has 1 fully saturated rings. The molecule has 9 heteroatoms. The fourth-order valence-electron chi connectivity index (χ4n) is 2.88. The number of piperazine rings is 1. The number of rotatable bonds is 4. The predicted molar refractivity (Wildman–Crippen MR) is 121 cm³/mol. The molecule has 1 aliphatic rings. The second-order valence-corrected chi connectivity index (χ2v) is 7.60. The van der Waals surface area contributed by atoms with Gasteiger partial charge in [0.15, 0.2) is 11.8 Å². The maximum absolute atomic E-state index is 5.35. The van der Waals surface area contributed by atoms with E-state index >= 15 is 0 Å². The smallest absolute Gasteiger partial charge is 0.232 e. The maximum Gasteiger partial charge on any atom is 0.232 e. The van der Waals surface area contributed by atoms with E-state index in [0.29, 0.717) is 18.3 Å². The molecule has 1 aliphatic heterocycles. The minimum atomic E-state index is -0.152. The van der Waals surface area contributed by atoms with Crippen molar-refractivity contribution in [3.05, 3.63) is 36.1 Å². The number of guanidine groups is 1. The van der Waals surface area contributed by atoms with Gasteiger partial charge in [0.1, 0.15) is 12.4 Å². The maximum atomic E-state index is 5.35. The summed E-state index contributed by atoms with van der Waals surface area (Å²) in [6.07, 6.45) is 1.84. The zero-order valence-corrected chi connectivity index (χ0v) is 19.4. The van der Waals surface area contributed by atoms with Gasteiger partial charge < -0.3 is 19.6 Å². The van der Waals surface area contributed by atoms with Crippen molar-refractivity contribution in [1.82, 2.24) is 25.3 Å². The van der Waals surface area contributed by atoms with Crippen molar-refractivity contribution in [2.45, 2.75) is 39.7 Å². The van der Waals surface area contributed by atoms with E-state index in [2.05, 4.69) is 64.0 Å². The highest BCUT2D eigenvalue weighted by molar-refractivity contribution is 14.0. The molecule has 154 valence electrons. The highest BCUT2D eigenvalue weighted by atomic mass is 127. The number of anilines is 1. The molecular weight excluding hydrogens is 469 g/mol. The van der Waals surface area contributed by atoms with Gasteiger partial charge in [-0.3, -0.25) is 0 Å². The molecule has 1 N–H and O–H groups in total. The van der Waals surface area contributed by atoms with Gasteiger partial charge in [-0.25, -0.2) is 9.98 Å². The zero-order chi connectivity index (χ0) is 19.3. The van der Waals surface area contributed by atoms with Gasteiger partial charge in [0.25, 0.3) is 0 Å². The third kappa shape index (κ3) is 5.79. The average Bonchev–Trinajstić information content (AvgIpc) is 3.16. The molecule has 0 radical (unpaired) electrons. The molecule has 3 heterocycles. The Hall–Kier alpha value is -1.91. The first-order valence-electron chi connectivity index (χ1n) is 9.49. The van der Waals surface area contributed by atoms with Crippen LogP contribution in [0.15, 0.2) is 33.9 Å². The first-order chi connectivity index (χ1) is 13.0. The zero-order valence-electron chi connectivity index (χ0n) is 17.1. The molecule has 8 nitrogen and oxygen atoms in total. The summed E-state index contributed by atoms with van der Waals surface area (Å²) < 4.78 is 5.35. The summed E-state index contributed by atoms with van der Waals surface area (Å²) in [5.41, 5.74) is -0.152. The number of halogens is 1. The summed E-state index contributed by atoms with van der Waals surface area (Å²) in [6, 6.07) is 6.02. The minimum absolute atomic E-state index is 0. The van der Waals surface area contributed by atoms with Gasteiger partial charge in [0, 0.05) is 44.3 Å². The van der Waals surface area contributed by atoms with Gasteiger partial charge in [-0.1, -0.05) is 32.0 Å². The summed E-state index contributed by atoms with van der Waals surface area (Å²) in [7, 11) is 0. The lowest BCUT2D eigenvalue weighted by Gasteiger charge is -2.37. The first-order valence-corrected chi connectivity index (χ1v) is 9.49. The van der Waals surface area contributed by atoms with Gasteiger partial charge in [0.05, 0.1) is 0 Å². The predicted octanol–water partition coefficient (Wildman–Crippen LogP) is 2.67. The average molecular weight is 499 g/mol. The molecule has 2 aromatic heterocycles. The topological polar surface area (TPSA) is 82.7 Å². The normalized spacial score (nSPS) is 15.4. The summed E-state index contributed by atoms with van der Waals surface area (Å²) in [6.45, 7) is 13.1. The molecular formula is C19H30IN7O. The number of nitrogens with one attached hydrogen (secondary N) is 1. The molecule has 3 rings (SSSR count). The fraction of sp³-hybridized carbons (Fsp3) is 0.579. The van der Waals surface area contributed by atoms with Gasteiger partial charge >= 0.3 is 0 Å². The lowest BCUT2D eigenvalue weighted by molar-refractivity contribution is 0.318. The summed E-state index contributed by atoms with van der Waals surface area (Å²) >= 11 is 0. The van der Waals surface area contributed by atoms with Gasteiger partial charge in [-0.15, -0.1) is 24.0 Å². The van der Waals surface area contributed by atoms with E-state index in [1.165, 1.54) is 0 Å². The third-order valence-electron chi connectivity index (χ3n) is 4.37. The van der Waals surface area contributed by atoms with Crippen LogP contribution in [0.3, 0.4) is 0 Å². The molecule has 1 saturated heterocycles. The quantitative estimate of drug-likeness (QED) is 0.394. The Labute approximate surface area is 183 Å². The number of hydrogen-bond donors (Lipinski definition) is 1. The van der Waals surface area contributed by atoms with Crippen molar-refractivity contribution in [3.63, 3.8) is 0 Å². The Morgan fingerprint density at radius 3 is 2.54 bits per heavy atom. The monoisotopic (exact) mass is 499 g/mol. The Morgan fingerprint density at radius 2 is 1.96 bits per heavy atom. The number of pyridine rings is 1. The minimum Gasteiger partial charge on any atom is -0.357 e. The third-order valence-corrected chi connectivity index (χ3v) is 4.37. The SMILES string of the molecule is CCNC(=NCc1noc(C(C)(C)C)n1)N1CCN(c2ccccn2)CC1.I. The Kier molecular flexibility index (Phi) is 8.02. The van der Waals surface area contributed by atoms with Gasteiger partial charge in [0.2, 0.25) is 5.89 Å². The molecule has 0 aliphatic carbocycles. The van der Waals surface area contributed by atoms with Crippen LogP contribution in [0.2, 0.25) is 0 Å². The molecule has 0 atom stereocenters. The molecule has 0 saturated carbocycles. The van der Waals surface area contributed by atoms with Gasteiger partial charge in [-0.05, 0) is 19.1 Å². The van der Waals surface area contributed by atoms with E-state index in [0.717, 1.165) is 44.5 Å². The van der Waals surface area contributed by atoms with E-state index in [4.69, 9.17) is 9.52 Å². The van der Waals surface area contributed by atoms with E-state index < -0.39 is 0 Å². The highest BCUT2D eigenvalue weighted by Crippen LogP contribution is 2.19. The molecule has 0 aromatic carbocycles. The van der Waals surface area contributed by atoms with E-state index in [-0.39, 0.29) is 29.4 Å². The van der Waals surface area contributed by atoms with Crippen LogP contribution in [0, 0.1) is 0 Å². The number of hydrogen-bond acceptors (Lipinski definition) is 6. The van der Waals surface area contributed by atoms with Crippen molar-refractivity contribution in [3.8, 4) is 0 Å². The summed E-state index contributed by atoms with van der Waals surface area (Å²) in [5.74, 6) is 3.17. The van der Waals surface area contributed by atoms with Crippen LogP contribution >= 0.6 is 24.0 Å². The van der Waals surface area contributed by atoms with Gasteiger partial charge in [-0.2, -0.15) is 4.98 Å². The molecule has 0 spiro atoms. The Morgan fingerprint density at radius 1 is 1.21 bits per heavy atom. The first kappa shape index (κ1) is 22.4. The van der Waals surface area contributed by atoms with Crippen LogP contribution in [0.1, 0.15) is 39.4 Å². The number of nitrogens with zero attached hydrogens (tertiary/aromatic N) is 6. The Balaban J connectivity index is 0.00000280. The van der Waals surface area contributed by atoms with Crippen LogP contribution < -0.4 is 10.2 Å². The largest absolute Gasteiger partial charge is 0.357 e. The summed E-state index contributed by atoms with van der Waals surface area (Å²) in [5, 5.41) is 7.43. The van der Waals surface area contributed by atoms with Crippen LogP contribution in [0.25, 0.3) is 0 Å². The lowest BCUT2D eigenvalue weighted by Crippen LogP contribution is -2.52.